The van der Waals surface area contributed by atoms with Crippen molar-refractivity contribution in [1.29, 1.82) is 0 Å². The maximum absolute atomic E-state index is 13.3. The van der Waals surface area contributed by atoms with Crippen LogP contribution in [0.5, 0.6) is 0 Å². The third-order valence-corrected chi connectivity index (χ3v) is 6.35. The Kier molecular flexibility index (Phi) is 8.61. The van der Waals surface area contributed by atoms with Crippen LogP contribution in [-0.2, 0) is 16.1 Å². The topological polar surface area (TPSA) is 50.6 Å². The molecule has 3 rings (SSSR count). The van der Waals surface area contributed by atoms with Gasteiger partial charge in [0.05, 0.1) is 22.9 Å². The van der Waals surface area contributed by atoms with Crippen LogP contribution < -0.4 is 0 Å². The number of halogens is 3. The molecule has 1 aromatic heterocycles. The van der Waals surface area contributed by atoms with E-state index in [4.69, 9.17) is 27.9 Å². The summed E-state index contributed by atoms with van der Waals surface area (Å²) >= 11 is 12.4. The third-order valence-electron chi connectivity index (χ3n) is 5.65. The third kappa shape index (κ3) is 6.11. The lowest BCUT2D eigenvalue weighted by Crippen LogP contribution is -2.48. The zero-order valence-corrected chi connectivity index (χ0v) is 21.0. The molecule has 1 aliphatic heterocycles. The molecule has 0 N–H and O–H groups in total. The van der Waals surface area contributed by atoms with Gasteiger partial charge < -0.3 is 14.5 Å². The van der Waals surface area contributed by atoms with Crippen molar-refractivity contribution >= 4 is 29.1 Å². The first-order valence-electron chi connectivity index (χ1n) is 10.8. The molecular formula is C25H27Cl2FN4O2. The average molecular weight is 505 g/mol. The number of methoxy groups -OCH3 is 1. The van der Waals surface area contributed by atoms with Crippen LogP contribution in [0, 0.1) is 12.7 Å². The molecule has 0 saturated carbocycles. The largest absolute Gasteiger partial charge is 0.489 e. The quantitative estimate of drug-likeness (QED) is 0.297. The lowest BCUT2D eigenvalue weighted by Gasteiger charge is -2.36. The molecule has 0 radical (unpaired) electrons. The number of carbonyl (C=O) groups excluding carboxylic acids is 1. The van der Waals surface area contributed by atoms with Crippen molar-refractivity contribution in [3.8, 4) is 11.3 Å². The molecule has 2 heterocycles. The summed E-state index contributed by atoms with van der Waals surface area (Å²) in [6, 6.07) is 5.96. The lowest BCUT2D eigenvalue weighted by atomic mass is 10.1. The van der Waals surface area contributed by atoms with Crippen molar-refractivity contribution in [3.05, 3.63) is 81.7 Å². The molecule has 0 bridgehead atoms. The second-order valence-corrected chi connectivity index (χ2v) is 8.60. The number of carbonyl (C=O) groups is 1. The summed E-state index contributed by atoms with van der Waals surface area (Å²) in [7, 11) is 1.56. The number of nitrogens with zero attached hydrogens (tertiary/aromatic N) is 4. The van der Waals surface area contributed by atoms with Crippen molar-refractivity contribution in [3.63, 3.8) is 0 Å². The summed E-state index contributed by atoms with van der Waals surface area (Å²) in [5, 5.41) is 5.34. The minimum absolute atomic E-state index is 0.0348. The van der Waals surface area contributed by atoms with E-state index in [1.807, 2.05) is 24.8 Å². The van der Waals surface area contributed by atoms with Crippen LogP contribution in [-0.4, -0.2) is 58.8 Å². The highest BCUT2D eigenvalue weighted by Gasteiger charge is 2.23. The van der Waals surface area contributed by atoms with Crippen LogP contribution in [0.2, 0.25) is 5.02 Å². The van der Waals surface area contributed by atoms with E-state index in [0.717, 1.165) is 5.70 Å². The van der Waals surface area contributed by atoms with Gasteiger partial charge in [-0.3, -0.25) is 9.48 Å². The minimum Gasteiger partial charge on any atom is -0.489 e. The van der Waals surface area contributed by atoms with E-state index in [2.05, 4.69) is 22.3 Å². The van der Waals surface area contributed by atoms with Gasteiger partial charge in [0, 0.05) is 43.5 Å². The van der Waals surface area contributed by atoms with Gasteiger partial charge in [-0.25, -0.2) is 4.39 Å². The molecule has 1 aromatic carbocycles. The fraction of sp³-hybridized carbons (Fsp3) is 0.320. The molecule has 1 aliphatic rings. The van der Waals surface area contributed by atoms with Crippen LogP contribution in [0.4, 0.5) is 4.39 Å². The molecule has 1 amide bonds. The van der Waals surface area contributed by atoms with Gasteiger partial charge in [0.2, 0.25) is 5.91 Å². The molecule has 0 unspecified atom stereocenters. The zero-order valence-electron chi connectivity index (χ0n) is 19.4. The summed E-state index contributed by atoms with van der Waals surface area (Å²) < 4.78 is 20.2. The Morgan fingerprint density at radius 3 is 2.44 bits per heavy atom. The van der Waals surface area contributed by atoms with Crippen LogP contribution in [0.3, 0.4) is 0 Å². The number of hydrogen-bond acceptors (Lipinski definition) is 4. The SMILES string of the molecule is C=CC(Cl)=C=C(/C=C(\C)N1CCN(C(=O)Cn2nc(-c3ccc(F)cc3)c(Cl)c2C)CC1)OC. The number of piperazine rings is 1. The van der Waals surface area contributed by atoms with Crippen molar-refractivity contribution in [2.24, 2.45) is 0 Å². The number of hydrogen-bond donors (Lipinski definition) is 0. The predicted octanol–water partition coefficient (Wildman–Crippen LogP) is 5.14. The van der Waals surface area contributed by atoms with Crippen molar-refractivity contribution < 1.29 is 13.9 Å². The van der Waals surface area contributed by atoms with E-state index in [1.165, 1.54) is 18.2 Å². The maximum atomic E-state index is 13.3. The zero-order chi connectivity index (χ0) is 24.8. The average Bonchev–Trinajstić information content (AvgIpc) is 3.12. The van der Waals surface area contributed by atoms with Crippen LogP contribution >= 0.6 is 23.2 Å². The highest BCUT2D eigenvalue weighted by Crippen LogP contribution is 2.29. The summed E-state index contributed by atoms with van der Waals surface area (Å²) in [4.78, 5) is 16.9. The highest BCUT2D eigenvalue weighted by molar-refractivity contribution is 6.33. The smallest absolute Gasteiger partial charge is 0.244 e. The van der Waals surface area contributed by atoms with Crippen LogP contribution in [0.15, 0.2) is 65.2 Å². The number of aromatic nitrogens is 2. The number of benzene rings is 1. The van der Waals surface area contributed by atoms with E-state index in [1.54, 1.807) is 23.9 Å². The number of allylic oxidation sites excluding steroid dienone is 3. The molecule has 1 fully saturated rings. The second kappa shape index (κ2) is 11.4. The van der Waals surface area contributed by atoms with Gasteiger partial charge in [0.25, 0.3) is 0 Å². The molecule has 0 spiro atoms. The molecule has 9 heteroatoms. The Morgan fingerprint density at radius 1 is 1.24 bits per heavy atom. The van der Waals surface area contributed by atoms with Crippen LogP contribution in [0.1, 0.15) is 12.6 Å². The maximum Gasteiger partial charge on any atom is 0.244 e. The van der Waals surface area contributed by atoms with E-state index in [9.17, 15) is 9.18 Å². The van der Waals surface area contributed by atoms with E-state index >= 15 is 0 Å². The summed E-state index contributed by atoms with van der Waals surface area (Å²) in [5.74, 6) is 0.137. The Hall–Kier alpha value is -2.99. The van der Waals surface area contributed by atoms with E-state index in [-0.39, 0.29) is 18.3 Å². The molecule has 34 heavy (non-hydrogen) atoms. The fourth-order valence-electron chi connectivity index (χ4n) is 3.60. The van der Waals surface area contributed by atoms with Gasteiger partial charge in [0.15, 0.2) is 5.76 Å². The van der Waals surface area contributed by atoms with Gasteiger partial charge in [-0.05, 0) is 44.2 Å². The van der Waals surface area contributed by atoms with Gasteiger partial charge in [-0.1, -0.05) is 35.5 Å². The molecule has 0 atom stereocenters. The molecule has 6 nitrogen and oxygen atoms in total. The van der Waals surface area contributed by atoms with Gasteiger partial charge >= 0.3 is 0 Å². The van der Waals surface area contributed by atoms with Crippen molar-refractivity contribution in [1.82, 2.24) is 19.6 Å². The summed E-state index contributed by atoms with van der Waals surface area (Å²) in [6.45, 7) is 10.0. The minimum atomic E-state index is -0.332. The van der Waals surface area contributed by atoms with Crippen molar-refractivity contribution in [2.45, 2.75) is 20.4 Å². The highest BCUT2D eigenvalue weighted by atomic mass is 35.5. The van der Waals surface area contributed by atoms with Gasteiger partial charge in [-0.15, -0.1) is 0 Å². The number of rotatable bonds is 7. The molecule has 0 aliphatic carbocycles. The number of ether oxygens (including phenoxy) is 1. The normalized spacial score (nSPS) is 14.0. The first-order valence-corrected chi connectivity index (χ1v) is 11.5. The van der Waals surface area contributed by atoms with E-state index < -0.39 is 0 Å². The standard InChI is InChI=1S/C25H27Cl2FN4O2/c1-5-20(26)15-22(34-4)14-17(2)30-10-12-31(13-11-30)23(33)16-32-18(3)24(27)25(29-32)19-6-8-21(28)9-7-19/h5-9,14H,1,10-13,16H2,2-4H3/b17-14+. The first kappa shape index (κ1) is 25.6. The fourth-order valence-corrected chi connectivity index (χ4v) is 3.94. The lowest BCUT2D eigenvalue weighted by molar-refractivity contribution is -0.133. The van der Waals surface area contributed by atoms with E-state index in [0.29, 0.717) is 58.9 Å². The molecular weight excluding hydrogens is 478 g/mol. The monoisotopic (exact) mass is 504 g/mol. The van der Waals surface area contributed by atoms with Gasteiger partial charge in [0.1, 0.15) is 18.1 Å². The first-order chi connectivity index (χ1) is 16.2. The Balaban J connectivity index is 1.65. The molecule has 1 saturated heterocycles. The Labute approximate surface area is 209 Å². The predicted molar refractivity (Wildman–Crippen MR) is 133 cm³/mol. The number of amides is 1. The Morgan fingerprint density at radius 2 is 1.85 bits per heavy atom. The summed E-state index contributed by atoms with van der Waals surface area (Å²) in [5.41, 5.74) is 5.83. The Bertz CT molecular complexity index is 1160. The summed E-state index contributed by atoms with van der Waals surface area (Å²) in [6.07, 6.45) is 3.35. The van der Waals surface area contributed by atoms with Gasteiger partial charge in [-0.2, -0.15) is 5.10 Å². The molecule has 2 aromatic rings. The second-order valence-electron chi connectivity index (χ2n) is 7.81. The van der Waals surface area contributed by atoms with Crippen LogP contribution in [0.25, 0.3) is 11.3 Å². The van der Waals surface area contributed by atoms with Crippen molar-refractivity contribution in [2.75, 3.05) is 33.3 Å². The molecule has 180 valence electrons.